The first-order valence-electron chi connectivity index (χ1n) is 9.31. The average Bonchev–Trinajstić information content (AvgIpc) is 3.12. The third kappa shape index (κ3) is 10.1. The first-order valence-corrected chi connectivity index (χ1v) is 9.31. The largest absolute Gasteiger partial charge is 0.489 e. The van der Waals surface area contributed by atoms with E-state index in [0.717, 1.165) is 38.5 Å². The quantitative estimate of drug-likeness (QED) is 0.226. The van der Waals surface area contributed by atoms with Crippen molar-refractivity contribution >= 4 is 29.9 Å². The summed E-state index contributed by atoms with van der Waals surface area (Å²) >= 11 is 0. The van der Waals surface area contributed by atoms with Crippen LogP contribution in [0.15, 0.2) is 29.3 Å². The monoisotopic (exact) mass is 495 g/mol. The van der Waals surface area contributed by atoms with Crippen LogP contribution in [0.2, 0.25) is 0 Å². The second-order valence-corrected chi connectivity index (χ2v) is 6.24. The summed E-state index contributed by atoms with van der Waals surface area (Å²) in [6, 6.07) is 6.14. The molecule has 8 heteroatoms. The normalized spacial score (nSPS) is 17.9. The summed E-state index contributed by atoms with van der Waals surface area (Å²) in [5.41, 5.74) is 0. The minimum absolute atomic E-state index is 0. The van der Waals surface area contributed by atoms with Crippen LogP contribution in [0.3, 0.4) is 0 Å². The van der Waals surface area contributed by atoms with E-state index in [9.17, 15) is 4.39 Å². The van der Waals surface area contributed by atoms with E-state index in [0.29, 0.717) is 25.5 Å². The number of rotatable bonds is 10. The zero-order valence-electron chi connectivity index (χ0n) is 16.1. The Morgan fingerprint density at radius 3 is 2.96 bits per heavy atom. The molecule has 6 nitrogen and oxygen atoms in total. The van der Waals surface area contributed by atoms with Crippen molar-refractivity contribution in [2.24, 2.45) is 4.99 Å². The molecular formula is C19H31FIN3O3. The molecule has 2 N–H and O–H groups in total. The number of guanidine groups is 1. The highest BCUT2D eigenvalue weighted by atomic mass is 127. The standard InChI is InChI=1S/C19H30FN3O3.HI/c1-3-21-19(22-9-5-10-25-18-8-11-24-14-18)23-13-15(2)26-17-7-4-6-16(20)12-17;/h4,6-7,12,15,18H,3,5,8-11,13-14H2,1-2H3,(H2,21,22,23);1H. The second kappa shape index (κ2) is 14.0. The Bertz CT molecular complexity index is 557. The lowest BCUT2D eigenvalue weighted by molar-refractivity contribution is 0.0420. The van der Waals surface area contributed by atoms with Gasteiger partial charge >= 0.3 is 0 Å². The highest BCUT2D eigenvalue weighted by Crippen LogP contribution is 2.13. The SMILES string of the molecule is CCNC(=NCC(C)Oc1cccc(F)c1)NCCCOC1CCOC1.I. The predicted octanol–water partition coefficient (Wildman–Crippen LogP) is 2.96. The summed E-state index contributed by atoms with van der Waals surface area (Å²) in [7, 11) is 0. The fraction of sp³-hybridized carbons (Fsp3) is 0.632. The Hall–Kier alpha value is -1.13. The van der Waals surface area contributed by atoms with Crippen molar-refractivity contribution < 1.29 is 18.6 Å². The van der Waals surface area contributed by atoms with E-state index >= 15 is 0 Å². The third-order valence-electron chi connectivity index (χ3n) is 3.84. The molecule has 154 valence electrons. The third-order valence-corrected chi connectivity index (χ3v) is 3.84. The van der Waals surface area contributed by atoms with Gasteiger partial charge in [0.15, 0.2) is 5.96 Å². The minimum atomic E-state index is -0.306. The van der Waals surface area contributed by atoms with Gasteiger partial charge in [0.25, 0.3) is 0 Å². The molecule has 1 aromatic carbocycles. The fourth-order valence-electron chi connectivity index (χ4n) is 2.54. The van der Waals surface area contributed by atoms with Crippen molar-refractivity contribution in [2.45, 2.75) is 38.9 Å². The molecule has 0 amide bonds. The number of nitrogens with one attached hydrogen (secondary N) is 2. The van der Waals surface area contributed by atoms with Gasteiger partial charge in [0.2, 0.25) is 0 Å². The summed E-state index contributed by atoms with van der Waals surface area (Å²) < 4.78 is 29.9. The maximum atomic E-state index is 13.2. The molecule has 0 saturated carbocycles. The number of ether oxygens (including phenoxy) is 3. The van der Waals surface area contributed by atoms with Crippen LogP contribution in [0.4, 0.5) is 4.39 Å². The van der Waals surface area contributed by atoms with E-state index in [1.165, 1.54) is 12.1 Å². The van der Waals surface area contributed by atoms with Crippen molar-refractivity contribution in [2.75, 3.05) is 39.5 Å². The fourth-order valence-corrected chi connectivity index (χ4v) is 2.54. The molecule has 1 heterocycles. The molecule has 2 rings (SSSR count). The van der Waals surface area contributed by atoms with Crippen LogP contribution in [0.5, 0.6) is 5.75 Å². The lowest BCUT2D eigenvalue weighted by Crippen LogP contribution is -2.39. The maximum Gasteiger partial charge on any atom is 0.191 e. The van der Waals surface area contributed by atoms with E-state index in [1.54, 1.807) is 12.1 Å². The van der Waals surface area contributed by atoms with Crippen LogP contribution in [-0.2, 0) is 9.47 Å². The summed E-state index contributed by atoms with van der Waals surface area (Å²) in [6.07, 6.45) is 1.98. The van der Waals surface area contributed by atoms with Gasteiger partial charge in [-0.05, 0) is 38.8 Å². The number of hydrogen-bond donors (Lipinski definition) is 2. The van der Waals surface area contributed by atoms with Crippen LogP contribution in [-0.4, -0.2) is 57.6 Å². The summed E-state index contributed by atoms with van der Waals surface area (Å²) in [6.45, 7) is 8.18. The molecule has 2 unspecified atom stereocenters. The van der Waals surface area contributed by atoms with E-state index in [1.807, 2.05) is 13.8 Å². The van der Waals surface area contributed by atoms with Gasteiger partial charge < -0.3 is 24.8 Å². The van der Waals surface area contributed by atoms with E-state index in [4.69, 9.17) is 14.2 Å². The summed E-state index contributed by atoms with van der Waals surface area (Å²) in [4.78, 5) is 4.52. The zero-order chi connectivity index (χ0) is 18.6. The Morgan fingerprint density at radius 1 is 1.41 bits per heavy atom. The van der Waals surface area contributed by atoms with Crippen molar-refractivity contribution in [1.82, 2.24) is 10.6 Å². The van der Waals surface area contributed by atoms with Gasteiger partial charge in [-0.25, -0.2) is 9.38 Å². The first kappa shape index (κ1) is 23.9. The van der Waals surface area contributed by atoms with Gasteiger partial charge in [-0.1, -0.05) is 6.07 Å². The lowest BCUT2D eigenvalue weighted by Gasteiger charge is -2.15. The molecule has 1 aliphatic rings. The van der Waals surface area contributed by atoms with Crippen molar-refractivity contribution in [3.63, 3.8) is 0 Å². The molecule has 2 atom stereocenters. The van der Waals surface area contributed by atoms with E-state index < -0.39 is 0 Å². The molecule has 0 bridgehead atoms. The second-order valence-electron chi connectivity index (χ2n) is 6.24. The van der Waals surface area contributed by atoms with Gasteiger partial charge in [0.1, 0.15) is 17.7 Å². The Kier molecular flexibility index (Phi) is 12.4. The van der Waals surface area contributed by atoms with Crippen LogP contribution in [0, 0.1) is 5.82 Å². The molecule has 1 aromatic rings. The van der Waals surface area contributed by atoms with Crippen molar-refractivity contribution in [3.8, 4) is 5.75 Å². The summed E-state index contributed by atoms with van der Waals surface area (Å²) in [5, 5.41) is 6.49. The molecular weight excluding hydrogens is 464 g/mol. The first-order chi connectivity index (χ1) is 12.7. The predicted molar refractivity (Wildman–Crippen MR) is 116 cm³/mol. The zero-order valence-corrected chi connectivity index (χ0v) is 18.4. The molecule has 1 fully saturated rings. The number of hydrogen-bond acceptors (Lipinski definition) is 4. The molecule has 27 heavy (non-hydrogen) atoms. The number of benzene rings is 1. The minimum Gasteiger partial charge on any atom is -0.489 e. The number of halogens is 2. The van der Waals surface area contributed by atoms with Gasteiger partial charge in [0.05, 0.1) is 19.3 Å². The van der Waals surface area contributed by atoms with Crippen molar-refractivity contribution in [3.05, 3.63) is 30.1 Å². The topological polar surface area (TPSA) is 64.1 Å². The van der Waals surface area contributed by atoms with Crippen LogP contribution in [0.25, 0.3) is 0 Å². The van der Waals surface area contributed by atoms with Gasteiger partial charge in [-0.3, -0.25) is 0 Å². The Balaban J connectivity index is 0.00000364. The maximum absolute atomic E-state index is 13.2. The van der Waals surface area contributed by atoms with E-state index in [2.05, 4.69) is 15.6 Å². The number of aliphatic imine (C=N–C) groups is 1. The molecule has 0 aromatic heterocycles. The average molecular weight is 495 g/mol. The number of nitrogens with zero attached hydrogens (tertiary/aromatic N) is 1. The van der Waals surface area contributed by atoms with Gasteiger partial charge in [-0.2, -0.15) is 0 Å². The van der Waals surface area contributed by atoms with Gasteiger partial charge in [-0.15, -0.1) is 24.0 Å². The lowest BCUT2D eigenvalue weighted by atomic mass is 10.3. The van der Waals surface area contributed by atoms with E-state index in [-0.39, 0.29) is 42.0 Å². The summed E-state index contributed by atoms with van der Waals surface area (Å²) in [5.74, 6) is 0.949. The highest BCUT2D eigenvalue weighted by Gasteiger charge is 2.15. The Labute approximate surface area is 178 Å². The Morgan fingerprint density at radius 2 is 2.26 bits per heavy atom. The van der Waals surface area contributed by atoms with Crippen LogP contribution in [0.1, 0.15) is 26.7 Å². The van der Waals surface area contributed by atoms with Crippen LogP contribution < -0.4 is 15.4 Å². The molecule has 1 aliphatic heterocycles. The molecule has 0 spiro atoms. The molecule has 0 radical (unpaired) electrons. The van der Waals surface area contributed by atoms with Crippen LogP contribution >= 0.6 is 24.0 Å². The molecule has 0 aliphatic carbocycles. The molecule has 1 saturated heterocycles. The highest BCUT2D eigenvalue weighted by molar-refractivity contribution is 14.0. The van der Waals surface area contributed by atoms with Gasteiger partial charge in [0, 0.05) is 32.4 Å². The smallest absolute Gasteiger partial charge is 0.191 e. The van der Waals surface area contributed by atoms with Crippen molar-refractivity contribution in [1.29, 1.82) is 0 Å².